The monoisotopic (exact) mass is 278 g/mol. The highest BCUT2D eigenvalue weighted by Gasteiger charge is 2.18. The van der Waals surface area contributed by atoms with Crippen LogP contribution >= 0.6 is 0 Å². The van der Waals surface area contributed by atoms with E-state index in [4.69, 9.17) is 4.74 Å². The van der Waals surface area contributed by atoms with Crippen molar-refractivity contribution in [1.29, 1.82) is 0 Å². The molecule has 1 saturated heterocycles. The summed E-state index contributed by atoms with van der Waals surface area (Å²) < 4.78 is 5.24. The molecule has 0 aliphatic carbocycles. The van der Waals surface area contributed by atoms with Gasteiger partial charge in [0.25, 0.3) is 0 Å². The first-order valence-electron chi connectivity index (χ1n) is 6.94. The van der Waals surface area contributed by atoms with Crippen LogP contribution in [0, 0.1) is 6.92 Å². The molecule has 2 N–H and O–H groups in total. The van der Waals surface area contributed by atoms with Crippen LogP contribution in [0.5, 0.6) is 0 Å². The zero-order valence-corrected chi connectivity index (χ0v) is 11.8. The molecule has 1 amide bonds. The predicted octanol–water partition coefficient (Wildman–Crippen LogP) is 0.304. The molecule has 1 aliphatic rings. The van der Waals surface area contributed by atoms with Crippen molar-refractivity contribution in [1.82, 2.24) is 10.2 Å². The van der Waals surface area contributed by atoms with Crippen molar-refractivity contribution in [2.75, 3.05) is 32.8 Å². The van der Waals surface area contributed by atoms with Gasteiger partial charge in [-0.2, -0.15) is 0 Å². The standard InChI is InChI=1S/C15H22N2O3/c1-12-4-2-3-5-13(12)8-16-15(19)10-17-6-7-20-11-14(18)9-17/h2-5,14,18H,6-11H2,1H3,(H,16,19). The van der Waals surface area contributed by atoms with Gasteiger partial charge < -0.3 is 15.2 Å². The Labute approximate surface area is 119 Å². The predicted molar refractivity (Wildman–Crippen MR) is 76.3 cm³/mol. The third-order valence-electron chi connectivity index (χ3n) is 3.44. The maximum atomic E-state index is 11.9. The lowest BCUT2D eigenvalue weighted by Crippen LogP contribution is -2.40. The van der Waals surface area contributed by atoms with Gasteiger partial charge in [-0.15, -0.1) is 0 Å². The number of nitrogens with one attached hydrogen (secondary N) is 1. The number of hydrogen-bond donors (Lipinski definition) is 2. The van der Waals surface area contributed by atoms with E-state index >= 15 is 0 Å². The number of hydrogen-bond acceptors (Lipinski definition) is 4. The van der Waals surface area contributed by atoms with Crippen molar-refractivity contribution in [2.45, 2.75) is 19.6 Å². The first-order valence-corrected chi connectivity index (χ1v) is 6.94. The third kappa shape index (κ3) is 4.59. The van der Waals surface area contributed by atoms with E-state index < -0.39 is 6.10 Å². The molecule has 5 heteroatoms. The van der Waals surface area contributed by atoms with Gasteiger partial charge in [0.15, 0.2) is 0 Å². The number of β-amino-alcohol motifs (C(OH)–C–C–N with tert-alkyl or cyclic N) is 1. The first-order chi connectivity index (χ1) is 9.65. The van der Waals surface area contributed by atoms with E-state index in [0.717, 1.165) is 5.56 Å². The van der Waals surface area contributed by atoms with E-state index in [0.29, 0.717) is 39.4 Å². The number of nitrogens with zero attached hydrogens (tertiary/aromatic N) is 1. The van der Waals surface area contributed by atoms with Gasteiger partial charge in [-0.25, -0.2) is 0 Å². The van der Waals surface area contributed by atoms with E-state index in [1.54, 1.807) is 0 Å². The summed E-state index contributed by atoms with van der Waals surface area (Å²) >= 11 is 0. The summed E-state index contributed by atoms with van der Waals surface area (Å²) in [4.78, 5) is 13.9. The minimum atomic E-state index is -0.512. The molecule has 1 fully saturated rings. The van der Waals surface area contributed by atoms with Gasteiger partial charge in [0, 0.05) is 19.6 Å². The second-order valence-corrected chi connectivity index (χ2v) is 5.17. The Morgan fingerprint density at radius 2 is 2.30 bits per heavy atom. The zero-order valence-electron chi connectivity index (χ0n) is 11.8. The van der Waals surface area contributed by atoms with Crippen LogP contribution in [0.1, 0.15) is 11.1 Å². The minimum Gasteiger partial charge on any atom is -0.389 e. The maximum absolute atomic E-state index is 11.9. The molecule has 5 nitrogen and oxygen atoms in total. The molecule has 0 aromatic heterocycles. The molecule has 0 spiro atoms. The molecule has 0 saturated carbocycles. The molecule has 1 aromatic carbocycles. The van der Waals surface area contributed by atoms with Gasteiger partial charge in [-0.1, -0.05) is 24.3 Å². The van der Waals surface area contributed by atoms with Crippen molar-refractivity contribution in [3.63, 3.8) is 0 Å². The number of amides is 1. The minimum absolute atomic E-state index is 0.0256. The lowest BCUT2D eigenvalue weighted by molar-refractivity contribution is -0.122. The average Bonchev–Trinajstić information content (AvgIpc) is 2.62. The lowest BCUT2D eigenvalue weighted by atomic mass is 10.1. The fraction of sp³-hybridized carbons (Fsp3) is 0.533. The molecule has 20 heavy (non-hydrogen) atoms. The number of carbonyl (C=O) groups excluding carboxylic acids is 1. The second-order valence-electron chi connectivity index (χ2n) is 5.17. The van der Waals surface area contributed by atoms with Gasteiger partial charge in [0.1, 0.15) is 0 Å². The Bertz CT molecular complexity index is 450. The van der Waals surface area contributed by atoms with Crippen molar-refractivity contribution in [3.05, 3.63) is 35.4 Å². The summed E-state index contributed by atoms with van der Waals surface area (Å²) in [5.41, 5.74) is 2.30. The Hall–Kier alpha value is -1.43. The van der Waals surface area contributed by atoms with Gasteiger partial charge in [0.2, 0.25) is 5.91 Å². The van der Waals surface area contributed by atoms with E-state index in [9.17, 15) is 9.90 Å². The van der Waals surface area contributed by atoms with Crippen molar-refractivity contribution in [3.8, 4) is 0 Å². The fourth-order valence-electron chi connectivity index (χ4n) is 2.26. The van der Waals surface area contributed by atoms with Crippen molar-refractivity contribution >= 4 is 5.91 Å². The summed E-state index contributed by atoms with van der Waals surface area (Å²) in [6.45, 7) is 4.94. The highest BCUT2D eigenvalue weighted by molar-refractivity contribution is 5.78. The Balaban J connectivity index is 1.79. The highest BCUT2D eigenvalue weighted by atomic mass is 16.5. The normalized spacial score (nSPS) is 20.4. The summed E-state index contributed by atoms with van der Waals surface area (Å²) in [6, 6.07) is 8.00. The molecule has 1 unspecified atom stereocenters. The molecular weight excluding hydrogens is 256 g/mol. The average molecular weight is 278 g/mol. The number of aryl methyl sites for hydroxylation is 1. The number of ether oxygens (including phenoxy) is 1. The third-order valence-corrected chi connectivity index (χ3v) is 3.44. The molecule has 1 aromatic rings. The molecule has 0 radical (unpaired) electrons. The highest BCUT2D eigenvalue weighted by Crippen LogP contribution is 2.06. The summed E-state index contributed by atoms with van der Waals surface area (Å²) in [7, 11) is 0. The van der Waals surface area contributed by atoms with Crippen LogP contribution in [0.25, 0.3) is 0 Å². The zero-order chi connectivity index (χ0) is 14.4. The van der Waals surface area contributed by atoms with E-state index in [1.165, 1.54) is 5.56 Å². The van der Waals surface area contributed by atoms with Gasteiger partial charge in [-0.3, -0.25) is 9.69 Å². The molecule has 110 valence electrons. The van der Waals surface area contributed by atoms with Crippen LogP contribution in [-0.4, -0.2) is 54.9 Å². The van der Waals surface area contributed by atoms with E-state index in [-0.39, 0.29) is 5.91 Å². The number of aliphatic hydroxyl groups is 1. The van der Waals surface area contributed by atoms with Crippen LogP contribution in [0.2, 0.25) is 0 Å². The summed E-state index contributed by atoms with van der Waals surface area (Å²) in [5, 5.41) is 12.5. The molecule has 1 atom stereocenters. The Morgan fingerprint density at radius 1 is 1.50 bits per heavy atom. The van der Waals surface area contributed by atoms with E-state index in [1.807, 2.05) is 36.1 Å². The quantitative estimate of drug-likeness (QED) is 0.832. The number of rotatable bonds is 4. The smallest absolute Gasteiger partial charge is 0.234 e. The molecule has 0 bridgehead atoms. The topological polar surface area (TPSA) is 61.8 Å². The van der Waals surface area contributed by atoms with Gasteiger partial charge in [-0.05, 0) is 18.1 Å². The fourth-order valence-corrected chi connectivity index (χ4v) is 2.26. The summed E-state index contributed by atoms with van der Waals surface area (Å²) in [6.07, 6.45) is -0.512. The SMILES string of the molecule is Cc1ccccc1CNC(=O)CN1CCOCC(O)C1. The van der Waals surface area contributed by atoms with Crippen LogP contribution in [-0.2, 0) is 16.1 Å². The Morgan fingerprint density at radius 3 is 3.10 bits per heavy atom. The first kappa shape index (κ1) is 15.0. The number of carbonyl (C=O) groups is 1. The summed E-state index contributed by atoms with van der Waals surface area (Å²) in [5.74, 6) is -0.0256. The van der Waals surface area contributed by atoms with Crippen LogP contribution in [0.3, 0.4) is 0 Å². The van der Waals surface area contributed by atoms with Gasteiger partial charge in [0.05, 0.1) is 25.9 Å². The van der Waals surface area contributed by atoms with E-state index in [2.05, 4.69) is 5.32 Å². The van der Waals surface area contributed by atoms with Crippen LogP contribution in [0.15, 0.2) is 24.3 Å². The molecule has 1 heterocycles. The van der Waals surface area contributed by atoms with Crippen LogP contribution < -0.4 is 5.32 Å². The van der Waals surface area contributed by atoms with Crippen LogP contribution in [0.4, 0.5) is 0 Å². The van der Waals surface area contributed by atoms with Crippen molar-refractivity contribution < 1.29 is 14.6 Å². The molecule has 1 aliphatic heterocycles. The Kier molecular flexibility index (Phi) is 5.52. The molecular formula is C15H22N2O3. The lowest BCUT2D eigenvalue weighted by Gasteiger charge is -2.20. The number of aliphatic hydroxyl groups excluding tert-OH is 1. The van der Waals surface area contributed by atoms with Gasteiger partial charge >= 0.3 is 0 Å². The molecule has 2 rings (SSSR count). The number of benzene rings is 1. The largest absolute Gasteiger partial charge is 0.389 e. The maximum Gasteiger partial charge on any atom is 0.234 e. The second kappa shape index (κ2) is 7.38. The van der Waals surface area contributed by atoms with Crippen molar-refractivity contribution in [2.24, 2.45) is 0 Å².